The van der Waals surface area contributed by atoms with Crippen LogP contribution >= 0.6 is 0 Å². The highest BCUT2D eigenvalue weighted by Gasteiger charge is 2.59. The number of hydroxylamine groups is 2. The minimum atomic E-state index is -1.81. The fraction of sp³-hybridized carbons (Fsp3) is 1.00. The van der Waals surface area contributed by atoms with E-state index < -0.39 is 17.1 Å². The second-order valence-electron chi connectivity index (χ2n) is 6.62. The summed E-state index contributed by atoms with van der Waals surface area (Å²) < 4.78 is 0. The van der Waals surface area contributed by atoms with E-state index in [9.17, 15) is 10.3 Å². The Hall–Kier alpha value is -0.135. The maximum atomic E-state index is 10.7. The summed E-state index contributed by atoms with van der Waals surface area (Å²) in [6, 6.07) is -0.331. The zero-order valence-electron chi connectivity index (χ0n) is 13.4. The molecular weight excluding hydrogens is 255 g/mol. The Morgan fingerprint density at radius 3 is 2.30 bits per heavy atom. The molecule has 0 amide bonds. The summed E-state index contributed by atoms with van der Waals surface area (Å²) in [6.07, 6.45) is 2.50. The molecule has 0 spiro atoms. The van der Waals surface area contributed by atoms with Crippen molar-refractivity contribution < 1.29 is 15.2 Å². The van der Waals surface area contributed by atoms with Gasteiger partial charge in [-0.1, -0.05) is 45.8 Å². The van der Waals surface area contributed by atoms with Crippen molar-refractivity contribution in [1.82, 2.24) is 5.23 Å². The predicted octanol–water partition coefficient (Wildman–Crippen LogP) is 1.77. The van der Waals surface area contributed by atoms with E-state index in [0.29, 0.717) is 6.42 Å². The highest BCUT2D eigenvalue weighted by Crippen LogP contribution is 2.54. The molecule has 1 aliphatic rings. The zero-order valence-corrected chi connectivity index (χ0v) is 13.4. The molecule has 5 nitrogen and oxygen atoms in total. The maximum Gasteiger partial charge on any atom is 0.142 e. The Bertz CT molecular complexity index is 342. The third kappa shape index (κ3) is 2.64. The van der Waals surface area contributed by atoms with E-state index in [1.54, 1.807) is 0 Å². The molecule has 116 valence electrons. The van der Waals surface area contributed by atoms with Crippen molar-refractivity contribution >= 4 is 7.85 Å². The summed E-state index contributed by atoms with van der Waals surface area (Å²) in [5.74, 6) is 0. The molecule has 0 saturated carbocycles. The average molecular weight is 284 g/mol. The Morgan fingerprint density at radius 1 is 1.30 bits per heavy atom. The van der Waals surface area contributed by atoms with Gasteiger partial charge in [0.1, 0.15) is 13.5 Å². The molecule has 0 aromatic heterocycles. The molecule has 6 heteroatoms. The Balaban J connectivity index is 3.34. The number of aliphatic hydroxyl groups excluding tert-OH is 1. The molecule has 5 atom stereocenters. The number of hydrogen-bond acceptors (Lipinski definition) is 5. The van der Waals surface area contributed by atoms with Gasteiger partial charge in [0.2, 0.25) is 0 Å². The lowest BCUT2D eigenvalue weighted by Crippen LogP contribution is -2.62. The molecule has 1 fully saturated rings. The van der Waals surface area contributed by atoms with E-state index in [0.717, 1.165) is 24.5 Å². The van der Waals surface area contributed by atoms with Crippen molar-refractivity contribution in [2.45, 2.75) is 78.1 Å². The summed E-state index contributed by atoms with van der Waals surface area (Å²) in [4.78, 5) is 5.19. The van der Waals surface area contributed by atoms with E-state index in [1.165, 1.54) is 0 Å². The third-order valence-electron chi connectivity index (χ3n) is 5.62. The molecule has 0 aromatic carbocycles. The molecule has 0 bridgehead atoms. The second-order valence-corrected chi connectivity index (χ2v) is 6.62. The lowest BCUT2D eigenvalue weighted by atomic mass is 9.53. The van der Waals surface area contributed by atoms with E-state index in [1.807, 2.05) is 20.8 Å². The van der Waals surface area contributed by atoms with Crippen LogP contribution in [0.5, 0.6) is 0 Å². The van der Waals surface area contributed by atoms with E-state index in [2.05, 4.69) is 13.8 Å². The summed E-state index contributed by atoms with van der Waals surface area (Å²) in [7, 11) is 5.88. The van der Waals surface area contributed by atoms with Gasteiger partial charge in [0, 0.05) is 5.41 Å². The summed E-state index contributed by atoms with van der Waals surface area (Å²) >= 11 is 0. The molecule has 1 heterocycles. The van der Waals surface area contributed by atoms with Gasteiger partial charge in [-0.2, -0.15) is 0 Å². The number of hydrogen-bond donors (Lipinski definition) is 3. The fourth-order valence-electron chi connectivity index (χ4n) is 3.46. The van der Waals surface area contributed by atoms with Gasteiger partial charge < -0.3 is 10.8 Å². The SMILES string of the molecule is [B]C1(N)ON(O)C(C)C(C)(CCCC)C(C)(CC)C1O. The number of nitrogens with two attached hydrogens (primary N) is 1. The van der Waals surface area contributed by atoms with Crippen molar-refractivity contribution in [2.24, 2.45) is 16.6 Å². The molecule has 5 unspecified atom stereocenters. The lowest BCUT2D eigenvalue weighted by molar-refractivity contribution is -0.396. The van der Waals surface area contributed by atoms with Crippen LogP contribution < -0.4 is 5.73 Å². The van der Waals surface area contributed by atoms with Gasteiger partial charge in [-0.25, -0.2) is 0 Å². The molecule has 1 saturated heterocycles. The monoisotopic (exact) mass is 284 g/mol. The summed E-state index contributed by atoms with van der Waals surface area (Å²) in [5, 5.41) is 21.5. The minimum Gasteiger partial charge on any atom is -0.389 e. The first-order valence-electron chi connectivity index (χ1n) is 7.50. The number of unbranched alkanes of at least 4 members (excludes halogenated alkanes) is 1. The quantitative estimate of drug-likeness (QED) is 0.686. The number of rotatable bonds is 4. The Kier molecular flexibility index (Phi) is 5.31. The molecule has 1 aliphatic heterocycles. The molecule has 4 N–H and O–H groups in total. The van der Waals surface area contributed by atoms with Crippen molar-refractivity contribution in [3.05, 3.63) is 0 Å². The fourth-order valence-corrected chi connectivity index (χ4v) is 3.46. The van der Waals surface area contributed by atoms with Gasteiger partial charge >= 0.3 is 0 Å². The van der Waals surface area contributed by atoms with Gasteiger partial charge in [0.15, 0.2) is 0 Å². The van der Waals surface area contributed by atoms with Crippen LogP contribution in [-0.2, 0) is 4.84 Å². The van der Waals surface area contributed by atoms with Crippen molar-refractivity contribution in [2.75, 3.05) is 0 Å². The molecular formula is C14H29BN2O3. The predicted molar refractivity (Wildman–Crippen MR) is 78.9 cm³/mol. The molecule has 2 radical (unpaired) electrons. The van der Waals surface area contributed by atoms with Crippen LogP contribution in [-0.4, -0.2) is 41.2 Å². The van der Waals surface area contributed by atoms with E-state index >= 15 is 0 Å². The van der Waals surface area contributed by atoms with Crippen molar-refractivity contribution in [3.63, 3.8) is 0 Å². The highest BCUT2D eigenvalue weighted by atomic mass is 16.9. The van der Waals surface area contributed by atoms with Gasteiger partial charge in [-0.05, 0) is 25.2 Å². The van der Waals surface area contributed by atoms with Crippen LogP contribution in [0.25, 0.3) is 0 Å². The summed E-state index contributed by atoms with van der Waals surface area (Å²) in [5.41, 5.74) is 3.12. The standard InChI is InChI=1S/C14H29BN2O3/c1-6-8-9-13(5)10(3)17(19)20-14(15,16)11(18)12(13,4)7-2/h10-11,18-19H,6-9,16H2,1-5H3. The lowest BCUT2D eigenvalue weighted by Gasteiger charge is -2.52. The van der Waals surface area contributed by atoms with Gasteiger partial charge in [0.25, 0.3) is 0 Å². The van der Waals surface area contributed by atoms with Crippen LogP contribution in [0.2, 0.25) is 0 Å². The average Bonchev–Trinajstić information content (AvgIpc) is 2.43. The topological polar surface area (TPSA) is 79.0 Å². The highest BCUT2D eigenvalue weighted by molar-refractivity contribution is 6.14. The van der Waals surface area contributed by atoms with Crippen LogP contribution in [0.4, 0.5) is 0 Å². The largest absolute Gasteiger partial charge is 0.389 e. The third-order valence-corrected chi connectivity index (χ3v) is 5.62. The van der Waals surface area contributed by atoms with E-state index in [-0.39, 0.29) is 11.5 Å². The number of nitrogens with zero attached hydrogens (tertiary/aromatic N) is 1. The van der Waals surface area contributed by atoms with Gasteiger partial charge in [0.05, 0.1) is 12.1 Å². The zero-order chi connectivity index (χ0) is 15.8. The Morgan fingerprint density at radius 2 is 1.85 bits per heavy atom. The smallest absolute Gasteiger partial charge is 0.142 e. The van der Waals surface area contributed by atoms with Gasteiger partial charge in [-0.15, -0.1) is 0 Å². The first-order valence-corrected chi connectivity index (χ1v) is 7.50. The van der Waals surface area contributed by atoms with Crippen LogP contribution in [0.3, 0.4) is 0 Å². The maximum absolute atomic E-state index is 10.7. The van der Waals surface area contributed by atoms with E-state index in [4.69, 9.17) is 18.4 Å². The number of aliphatic hydroxyl groups is 1. The normalized spacial score (nSPS) is 47.2. The molecule has 0 aromatic rings. The molecule has 20 heavy (non-hydrogen) atoms. The summed E-state index contributed by atoms with van der Waals surface area (Å²) in [6.45, 7) is 10.0. The van der Waals surface area contributed by atoms with Crippen LogP contribution in [0, 0.1) is 10.8 Å². The van der Waals surface area contributed by atoms with Crippen LogP contribution in [0.1, 0.15) is 60.3 Å². The first kappa shape index (κ1) is 17.9. The van der Waals surface area contributed by atoms with Crippen molar-refractivity contribution in [3.8, 4) is 0 Å². The first-order chi connectivity index (χ1) is 9.06. The Labute approximate surface area is 123 Å². The second kappa shape index (κ2) is 5.93. The minimum absolute atomic E-state index is 0.331. The van der Waals surface area contributed by atoms with Crippen molar-refractivity contribution in [1.29, 1.82) is 0 Å². The molecule has 1 rings (SSSR count). The molecule has 0 aliphatic carbocycles. The van der Waals surface area contributed by atoms with Gasteiger partial charge in [-0.3, -0.25) is 10.0 Å². The van der Waals surface area contributed by atoms with Crippen LogP contribution in [0.15, 0.2) is 0 Å².